The van der Waals surface area contributed by atoms with Gasteiger partial charge in [-0.2, -0.15) is 0 Å². The van der Waals surface area contributed by atoms with Crippen LogP contribution in [-0.4, -0.2) is 40.4 Å². The summed E-state index contributed by atoms with van der Waals surface area (Å²) in [4.78, 5) is 26.1. The second kappa shape index (κ2) is 8.79. The highest BCUT2D eigenvalue weighted by atomic mass is 16.2. The van der Waals surface area contributed by atoms with Crippen LogP contribution in [0.25, 0.3) is 0 Å². The van der Waals surface area contributed by atoms with Gasteiger partial charge in [0.15, 0.2) is 0 Å². The molecule has 1 aromatic heterocycles. The van der Waals surface area contributed by atoms with Crippen LogP contribution in [0.15, 0.2) is 36.4 Å². The highest BCUT2D eigenvalue weighted by Crippen LogP contribution is 2.18. The minimum atomic E-state index is 0.0365. The van der Waals surface area contributed by atoms with Crippen molar-refractivity contribution < 1.29 is 4.79 Å². The van der Waals surface area contributed by atoms with Crippen LogP contribution < -0.4 is 4.90 Å². The lowest BCUT2D eigenvalue weighted by atomic mass is 10.2. The molecule has 2 heterocycles. The number of carbonyl (C=O) groups excluding carboxylic acids is 1. The SMILES string of the molecule is CCN(Cc1ccccc1)c1cc(C(=O)N2CCCCCC2)nc(C)n1. The van der Waals surface area contributed by atoms with Gasteiger partial charge in [0.2, 0.25) is 0 Å². The van der Waals surface area contributed by atoms with Crippen LogP contribution in [0.1, 0.15) is 54.5 Å². The average molecular weight is 352 g/mol. The highest BCUT2D eigenvalue weighted by Gasteiger charge is 2.20. The van der Waals surface area contributed by atoms with Gasteiger partial charge in [-0.25, -0.2) is 9.97 Å². The van der Waals surface area contributed by atoms with Gasteiger partial charge in [-0.05, 0) is 32.3 Å². The lowest BCUT2D eigenvalue weighted by Crippen LogP contribution is -2.33. The molecule has 0 atom stereocenters. The van der Waals surface area contributed by atoms with Crippen LogP contribution >= 0.6 is 0 Å². The number of benzene rings is 1. The first-order chi connectivity index (χ1) is 12.7. The summed E-state index contributed by atoms with van der Waals surface area (Å²) in [7, 11) is 0. The maximum atomic E-state index is 12.9. The summed E-state index contributed by atoms with van der Waals surface area (Å²) in [6.45, 7) is 7.22. The molecule has 0 radical (unpaired) electrons. The van der Waals surface area contributed by atoms with E-state index >= 15 is 0 Å². The number of amides is 1. The van der Waals surface area contributed by atoms with Crippen molar-refractivity contribution in [3.63, 3.8) is 0 Å². The number of anilines is 1. The van der Waals surface area contributed by atoms with E-state index in [1.807, 2.05) is 36.1 Å². The first-order valence-corrected chi connectivity index (χ1v) is 9.61. The zero-order valence-corrected chi connectivity index (χ0v) is 15.8. The van der Waals surface area contributed by atoms with E-state index in [0.717, 1.165) is 44.8 Å². The number of hydrogen-bond donors (Lipinski definition) is 0. The summed E-state index contributed by atoms with van der Waals surface area (Å²) in [6, 6.07) is 12.2. The van der Waals surface area contributed by atoms with Crippen LogP contribution in [0.5, 0.6) is 0 Å². The molecular formula is C21H28N4O. The van der Waals surface area contributed by atoms with Gasteiger partial charge in [-0.3, -0.25) is 4.79 Å². The van der Waals surface area contributed by atoms with Crippen LogP contribution in [0.2, 0.25) is 0 Å². The molecule has 138 valence electrons. The van der Waals surface area contributed by atoms with Crippen molar-refractivity contribution in [1.82, 2.24) is 14.9 Å². The van der Waals surface area contributed by atoms with Gasteiger partial charge in [-0.15, -0.1) is 0 Å². The molecule has 5 heteroatoms. The fourth-order valence-electron chi connectivity index (χ4n) is 3.42. The predicted octanol–water partition coefficient (Wildman–Crippen LogP) is 3.83. The Morgan fingerprint density at radius 1 is 1.08 bits per heavy atom. The van der Waals surface area contributed by atoms with Gasteiger partial charge < -0.3 is 9.80 Å². The Hall–Kier alpha value is -2.43. The summed E-state index contributed by atoms with van der Waals surface area (Å²) in [5.74, 6) is 1.50. The molecule has 26 heavy (non-hydrogen) atoms. The summed E-state index contributed by atoms with van der Waals surface area (Å²) in [5.41, 5.74) is 1.74. The molecule has 0 saturated carbocycles. The van der Waals surface area contributed by atoms with E-state index in [0.29, 0.717) is 11.5 Å². The minimum absolute atomic E-state index is 0.0365. The summed E-state index contributed by atoms with van der Waals surface area (Å²) >= 11 is 0. The van der Waals surface area contributed by atoms with Gasteiger partial charge in [0.05, 0.1) is 0 Å². The summed E-state index contributed by atoms with van der Waals surface area (Å²) in [6.07, 6.45) is 4.58. The highest BCUT2D eigenvalue weighted by molar-refractivity contribution is 5.93. The van der Waals surface area contributed by atoms with E-state index in [9.17, 15) is 4.79 Å². The molecule has 1 amide bonds. The maximum absolute atomic E-state index is 12.9. The molecule has 3 rings (SSSR count). The van der Waals surface area contributed by atoms with Crippen molar-refractivity contribution in [1.29, 1.82) is 0 Å². The Bertz CT molecular complexity index is 724. The molecule has 5 nitrogen and oxygen atoms in total. The van der Waals surface area contributed by atoms with Gasteiger partial charge in [0.25, 0.3) is 5.91 Å². The molecule has 2 aromatic rings. The topological polar surface area (TPSA) is 49.3 Å². The lowest BCUT2D eigenvalue weighted by molar-refractivity contribution is 0.0755. The normalized spacial score (nSPS) is 14.8. The first-order valence-electron chi connectivity index (χ1n) is 9.61. The van der Waals surface area contributed by atoms with Crippen molar-refractivity contribution in [2.24, 2.45) is 0 Å². The predicted molar refractivity (Wildman–Crippen MR) is 104 cm³/mol. The van der Waals surface area contributed by atoms with Crippen LogP contribution in [0.3, 0.4) is 0 Å². The summed E-state index contributed by atoms with van der Waals surface area (Å²) < 4.78 is 0. The third kappa shape index (κ3) is 4.59. The number of hydrogen-bond acceptors (Lipinski definition) is 4. The van der Waals surface area contributed by atoms with Crippen molar-refractivity contribution in [2.75, 3.05) is 24.5 Å². The number of rotatable bonds is 5. The van der Waals surface area contributed by atoms with Crippen molar-refractivity contribution in [3.8, 4) is 0 Å². The number of aromatic nitrogens is 2. The molecular weight excluding hydrogens is 324 g/mol. The second-order valence-electron chi connectivity index (χ2n) is 6.86. The number of likely N-dealkylation sites (tertiary alicyclic amines) is 1. The third-order valence-electron chi connectivity index (χ3n) is 4.86. The smallest absolute Gasteiger partial charge is 0.272 e. The Labute approximate surface area is 156 Å². The fraction of sp³-hybridized carbons (Fsp3) is 0.476. The van der Waals surface area contributed by atoms with E-state index in [4.69, 9.17) is 0 Å². The molecule has 1 aromatic carbocycles. The number of carbonyl (C=O) groups is 1. The largest absolute Gasteiger partial charge is 0.352 e. The molecule has 1 saturated heterocycles. The maximum Gasteiger partial charge on any atom is 0.272 e. The Balaban J connectivity index is 1.82. The molecule has 0 bridgehead atoms. The van der Waals surface area contributed by atoms with Gasteiger partial charge >= 0.3 is 0 Å². The van der Waals surface area contributed by atoms with E-state index in [1.165, 1.54) is 18.4 Å². The standard InChI is InChI=1S/C21H28N4O/c1-3-24(16-18-11-7-6-8-12-18)20-15-19(22-17(2)23-20)21(26)25-13-9-4-5-10-14-25/h6-8,11-12,15H,3-5,9-10,13-14,16H2,1-2H3. The average Bonchev–Trinajstić information content (AvgIpc) is 2.95. The van der Waals surface area contributed by atoms with E-state index in [1.54, 1.807) is 0 Å². The van der Waals surface area contributed by atoms with E-state index < -0.39 is 0 Å². The molecule has 1 aliphatic heterocycles. The quantitative estimate of drug-likeness (QED) is 0.821. The number of aryl methyl sites for hydroxylation is 1. The van der Waals surface area contributed by atoms with E-state index in [2.05, 4.69) is 33.9 Å². The molecule has 0 aliphatic carbocycles. The Morgan fingerprint density at radius 2 is 1.77 bits per heavy atom. The van der Waals surface area contributed by atoms with Crippen LogP contribution in [0, 0.1) is 6.92 Å². The molecule has 0 unspecified atom stereocenters. The van der Waals surface area contributed by atoms with Crippen LogP contribution in [-0.2, 0) is 6.54 Å². The van der Waals surface area contributed by atoms with Crippen molar-refractivity contribution >= 4 is 11.7 Å². The minimum Gasteiger partial charge on any atom is -0.352 e. The van der Waals surface area contributed by atoms with Gasteiger partial charge in [0, 0.05) is 32.2 Å². The Kier molecular flexibility index (Phi) is 6.21. The van der Waals surface area contributed by atoms with Gasteiger partial charge in [-0.1, -0.05) is 43.2 Å². The third-order valence-corrected chi connectivity index (χ3v) is 4.86. The van der Waals surface area contributed by atoms with Crippen molar-refractivity contribution in [3.05, 3.63) is 53.5 Å². The lowest BCUT2D eigenvalue weighted by Gasteiger charge is -2.24. The molecule has 1 aliphatic rings. The molecule has 0 N–H and O–H groups in total. The summed E-state index contributed by atoms with van der Waals surface area (Å²) in [5, 5.41) is 0. The number of nitrogens with zero attached hydrogens (tertiary/aromatic N) is 4. The molecule has 1 fully saturated rings. The monoisotopic (exact) mass is 352 g/mol. The zero-order chi connectivity index (χ0) is 18.4. The Morgan fingerprint density at radius 3 is 2.42 bits per heavy atom. The fourth-order valence-corrected chi connectivity index (χ4v) is 3.42. The second-order valence-corrected chi connectivity index (χ2v) is 6.86. The van der Waals surface area contributed by atoms with Crippen molar-refractivity contribution in [2.45, 2.75) is 46.1 Å². The van der Waals surface area contributed by atoms with Crippen LogP contribution in [0.4, 0.5) is 5.82 Å². The first kappa shape index (κ1) is 18.4. The van der Waals surface area contributed by atoms with E-state index in [-0.39, 0.29) is 5.91 Å². The molecule has 0 spiro atoms. The van der Waals surface area contributed by atoms with Gasteiger partial charge in [0.1, 0.15) is 17.3 Å². The zero-order valence-electron chi connectivity index (χ0n) is 15.8.